The van der Waals surface area contributed by atoms with Gasteiger partial charge in [-0.1, -0.05) is 37.3 Å². The lowest BCUT2D eigenvalue weighted by Crippen LogP contribution is -2.46. The fourth-order valence-electron chi connectivity index (χ4n) is 2.78. The zero-order valence-corrected chi connectivity index (χ0v) is 13.6. The van der Waals surface area contributed by atoms with Crippen LogP contribution in [-0.4, -0.2) is 48.3 Å². The molecule has 1 aliphatic heterocycles. The molecule has 0 spiro atoms. The van der Waals surface area contributed by atoms with E-state index in [4.69, 9.17) is 0 Å². The van der Waals surface area contributed by atoms with Crippen LogP contribution in [0.25, 0.3) is 0 Å². The molecule has 0 aromatic heterocycles. The second-order valence-electron chi connectivity index (χ2n) is 6.01. The summed E-state index contributed by atoms with van der Waals surface area (Å²) in [6.07, 6.45) is 2.57. The molecule has 0 amide bonds. The number of piperazine rings is 1. The molecule has 1 aromatic carbocycles. The standard InChI is InChI=1S/C17H28N2S/c1-16(8-14-20)7-9-18-10-12-19(13-11-18)15-17-5-3-2-4-6-17/h2-6,16,20H,7-15H2,1H3. The van der Waals surface area contributed by atoms with E-state index in [1.807, 2.05) is 0 Å². The topological polar surface area (TPSA) is 6.48 Å². The maximum absolute atomic E-state index is 4.32. The fraction of sp³-hybridized carbons (Fsp3) is 0.647. The van der Waals surface area contributed by atoms with E-state index in [0.29, 0.717) is 0 Å². The van der Waals surface area contributed by atoms with Crippen molar-refractivity contribution >= 4 is 12.6 Å². The first-order valence-electron chi connectivity index (χ1n) is 7.87. The van der Waals surface area contributed by atoms with Crippen molar-refractivity contribution in [2.24, 2.45) is 5.92 Å². The molecular formula is C17H28N2S. The molecule has 1 aromatic rings. The minimum absolute atomic E-state index is 0.815. The molecule has 1 unspecified atom stereocenters. The maximum atomic E-state index is 4.32. The molecule has 0 bridgehead atoms. The van der Waals surface area contributed by atoms with Gasteiger partial charge in [-0.25, -0.2) is 0 Å². The smallest absolute Gasteiger partial charge is 0.0234 e. The van der Waals surface area contributed by atoms with Crippen molar-refractivity contribution < 1.29 is 0 Å². The summed E-state index contributed by atoms with van der Waals surface area (Å²) in [5.74, 6) is 1.83. The molecule has 1 fully saturated rings. The van der Waals surface area contributed by atoms with Crippen molar-refractivity contribution in [1.29, 1.82) is 0 Å². The van der Waals surface area contributed by atoms with Gasteiger partial charge in [-0.2, -0.15) is 12.6 Å². The molecule has 112 valence electrons. The van der Waals surface area contributed by atoms with Gasteiger partial charge in [-0.15, -0.1) is 0 Å². The second kappa shape index (κ2) is 8.71. The summed E-state index contributed by atoms with van der Waals surface area (Å²) >= 11 is 4.32. The Morgan fingerprint density at radius 3 is 2.30 bits per heavy atom. The van der Waals surface area contributed by atoms with Gasteiger partial charge in [-0.05, 0) is 36.6 Å². The van der Waals surface area contributed by atoms with Crippen LogP contribution in [0.5, 0.6) is 0 Å². The Kier molecular flexibility index (Phi) is 6.91. The summed E-state index contributed by atoms with van der Waals surface area (Å²) in [7, 11) is 0. The van der Waals surface area contributed by atoms with Crippen LogP contribution in [0, 0.1) is 5.92 Å². The second-order valence-corrected chi connectivity index (χ2v) is 6.46. The van der Waals surface area contributed by atoms with Gasteiger partial charge in [0, 0.05) is 32.7 Å². The summed E-state index contributed by atoms with van der Waals surface area (Å²) in [5.41, 5.74) is 1.43. The van der Waals surface area contributed by atoms with E-state index in [-0.39, 0.29) is 0 Å². The number of hydrogen-bond acceptors (Lipinski definition) is 3. The van der Waals surface area contributed by atoms with Gasteiger partial charge in [0.2, 0.25) is 0 Å². The average Bonchev–Trinajstić information content (AvgIpc) is 2.48. The highest BCUT2D eigenvalue weighted by atomic mass is 32.1. The van der Waals surface area contributed by atoms with Gasteiger partial charge in [0.1, 0.15) is 0 Å². The van der Waals surface area contributed by atoms with E-state index in [0.717, 1.165) is 18.2 Å². The molecular weight excluding hydrogens is 264 g/mol. The summed E-state index contributed by atoms with van der Waals surface area (Å²) in [5, 5.41) is 0. The molecule has 1 saturated heterocycles. The van der Waals surface area contributed by atoms with E-state index in [9.17, 15) is 0 Å². The van der Waals surface area contributed by atoms with E-state index in [2.05, 4.69) is 59.7 Å². The normalized spacial score (nSPS) is 19.1. The lowest BCUT2D eigenvalue weighted by molar-refractivity contribution is 0.122. The molecule has 20 heavy (non-hydrogen) atoms. The molecule has 1 heterocycles. The first-order valence-corrected chi connectivity index (χ1v) is 8.50. The number of benzene rings is 1. The van der Waals surface area contributed by atoms with Crippen molar-refractivity contribution in [1.82, 2.24) is 9.80 Å². The van der Waals surface area contributed by atoms with Crippen LogP contribution >= 0.6 is 12.6 Å². The lowest BCUT2D eigenvalue weighted by atomic mass is 10.0. The van der Waals surface area contributed by atoms with Crippen LogP contribution in [-0.2, 0) is 6.54 Å². The highest BCUT2D eigenvalue weighted by molar-refractivity contribution is 7.80. The van der Waals surface area contributed by atoms with Gasteiger partial charge in [-0.3, -0.25) is 4.90 Å². The molecule has 2 rings (SSSR count). The van der Waals surface area contributed by atoms with Gasteiger partial charge >= 0.3 is 0 Å². The molecule has 0 aliphatic carbocycles. The monoisotopic (exact) mass is 292 g/mol. The predicted octanol–water partition coefficient (Wildman–Crippen LogP) is 3.15. The van der Waals surface area contributed by atoms with Crippen molar-refractivity contribution in [2.75, 3.05) is 38.5 Å². The molecule has 1 atom stereocenters. The quantitative estimate of drug-likeness (QED) is 0.771. The van der Waals surface area contributed by atoms with Gasteiger partial charge < -0.3 is 4.90 Å². The Morgan fingerprint density at radius 2 is 1.65 bits per heavy atom. The minimum Gasteiger partial charge on any atom is -0.301 e. The summed E-state index contributed by atoms with van der Waals surface area (Å²) < 4.78 is 0. The molecule has 0 N–H and O–H groups in total. The third-order valence-corrected chi connectivity index (χ3v) is 4.53. The number of hydrogen-bond donors (Lipinski definition) is 1. The Hall–Kier alpha value is -0.510. The van der Waals surface area contributed by atoms with Gasteiger partial charge in [0.25, 0.3) is 0 Å². The van der Waals surface area contributed by atoms with E-state index in [1.165, 1.54) is 51.1 Å². The van der Waals surface area contributed by atoms with Crippen molar-refractivity contribution in [3.8, 4) is 0 Å². The highest BCUT2D eigenvalue weighted by Crippen LogP contribution is 2.12. The SMILES string of the molecule is CC(CCS)CCN1CCN(Cc2ccccc2)CC1. The molecule has 0 radical (unpaired) electrons. The Morgan fingerprint density at radius 1 is 1.00 bits per heavy atom. The van der Waals surface area contributed by atoms with E-state index < -0.39 is 0 Å². The van der Waals surface area contributed by atoms with Crippen LogP contribution in [0.4, 0.5) is 0 Å². The van der Waals surface area contributed by atoms with Crippen LogP contribution in [0.1, 0.15) is 25.3 Å². The summed E-state index contributed by atoms with van der Waals surface area (Å²) in [6.45, 7) is 9.56. The molecule has 1 aliphatic rings. The van der Waals surface area contributed by atoms with Gasteiger partial charge in [0.05, 0.1) is 0 Å². The van der Waals surface area contributed by atoms with E-state index >= 15 is 0 Å². The maximum Gasteiger partial charge on any atom is 0.0234 e. The summed E-state index contributed by atoms with van der Waals surface area (Å²) in [4.78, 5) is 5.19. The third-order valence-electron chi connectivity index (χ3n) is 4.27. The van der Waals surface area contributed by atoms with Crippen molar-refractivity contribution in [3.63, 3.8) is 0 Å². The average molecular weight is 292 g/mol. The molecule has 2 nitrogen and oxygen atoms in total. The zero-order valence-electron chi connectivity index (χ0n) is 12.7. The third kappa shape index (κ3) is 5.47. The first-order chi connectivity index (χ1) is 9.78. The molecule has 0 saturated carbocycles. The largest absolute Gasteiger partial charge is 0.301 e. The molecule has 3 heteroatoms. The van der Waals surface area contributed by atoms with E-state index in [1.54, 1.807) is 0 Å². The zero-order chi connectivity index (χ0) is 14.2. The van der Waals surface area contributed by atoms with Crippen LogP contribution in [0.3, 0.4) is 0 Å². The van der Waals surface area contributed by atoms with Crippen molar-refractivity contribution in [2.45, 2.75) is 26.3 Å². The Labute approximate surface area is 129 Å². The minimum atomic E-state index is 0.815. The lowest BCUT2D eigenvalue weighted by Gasteiger charge is -2.35. The van der Waals surface area contributed by atoms with Crippen LogP contribution < -0.4 is 0 Å². The number of rotatable bonds is 7. The Bertz CT molecular complexity index is 361. The highest BCUT2D eigenvalue weighted by Gasteiger charge is 2.17. The van der Waals surface area contributed by atoms with Crippen LogP contribution in [0.15, 0.2) is 30.3 Å². The predicted molar refractivity (Wildman–Crippen MR) is 90.4 cm³/mol. The van der Waals surface area contributed by atoms with Crippen molar-refractivity contribution in [3.05, 3.63) is 35.9 Å². The van der Waals surface area contributed by atoms with Crippen LogP contribution in [0.2, 0.25) is 0 Å². The fourth-order valence-corrected chi connectivity index (χ4v) is 3.22. The first kappa shape index (κ1) is 15.9. The number of nitrogens with zero attached hydrogens (tertiary/aromatic N) is 2. The van der Waals surface area contributed by atoms with Gasteiger partial charge in [0.15, 0.2) is 0 Å². The Balaban J connectivity index is 1.65. The number of thiol groups is 1. The summed E-state index contributed by atoms with van der Waals surface area (Å²) in [6, 6.07) is 10.8.